The predicted molar refractivity (Wildman–Crippen MR) is 503 cm³/mol. The smallest absolute Gasteiger partial charge is 0.246 e. The van der Waals surface area contributed by atoms with Crippen LogP contribution in [-0.4, -0.2) is 319 Å². The van der Waals surface area contributed by atoms with E-state index in [1.807, 2.05) is 13.8 Å². The van der Waals surface area contributed by atoms with Crippen LogP contribution in [0, 0.1) is 11.3 Å². The number of carbonyl (C=O) groups excluding carboxylic acids is 18. The number of fused-ring (bicyclic) bond motifs is 3. The van der Waals surface area contributed by atoms with Crippen molar-refractivity contribution in [2.75, 3.05) is 79.0 Å². The Morgan fingerprint density at radius 2 is 1.07 bits per heavy atom. The zero-order valence-corrected chi connectivity index (χ0v) is 78.8. The highest BCUT2D eigenvalue weighted by atomic mass is 32.2. The SMILES string of the molecule is CCCC[C@H]1C(=O)N(C)[C@@H](CCCC)C(=O)N[C@@H](CCCNC(=N)N)C(=O)N[C@H](C(=O)NCC(=O)NCC(N)=O)CSCC(=O)N[C@@H](Cc2ccccc2)C(=O)N(C)[C@@H](C)C(=O)N[C@@H](CC(N)=O)C(=O)N2CCC[C@H]2C(=O)N[C@@H](Cc2cnc[nH]2)C(=O)N[C@@H](CC(C)C)C(=O)N(C)CC(=O)N[C@@H](Cc2c[nH]c3ccccc23)C(=O)N[C@@H](CO)C(=O)N[C@@H](Cc2c[nH]c3ccccc23)C(=O)N1C. The third kappa shape index (κ3) is 31.6. The number of aromatic nitrogens is 4. The van der Waals surface area contributed by atoms with Crippen molar-refractivity contribution in [3.8, 4) is 0 Å². The van der Waals surface area contributed by atoms with Gasteiger partial charge in [0.1, 0.15) is 78.5 Å². The monoisotopic (exact) mass is 1910 g/mol. The van der Waals surface area contributed by atoms with Gasteiger partial charge in [0.15, 0.2) is 5.96 Å². The van der Waals surface area contributed by atoms with Crippen LogP contribution in [0.4, 0.5) is 0 Å². The molecule has 0 saturated carbocycles. The maximum atomic E-state index is 15.7. The molecule has 0 bridgehead atoms. The van der Waals surface area contributed by atoms with Gasteiger partial charge in [0.05, 0.1) is 44.7 Å². The fourth-order valence-electron chi connectivity index (χ4n) is 16.0. The first-order valence-corrected chi connectivity index (χ1v) is 46.5. The second-order valence-corrected chi connectivity index (χ2v) is 35.5. The van der Waals surface area contributed by atoms with E-state index in [2.05, 4.69) is 83.7 Å². The second kappa shape index (κ2) is 52.6. The molecule has 44 nitrogen and oxygen atoms in total. The van der Waals surface area contributed by atoms with E-state index >= 15 is 28.8 Å². The summed E-state index contributed by atoms with van der Waals surface area (Å²) in [6.07, 6.45) is 5.72. The molecule has 45 heteroatoms. The Morgan fingerprint density at radius 3 is 1.68 bits per heavy atom. The number of nitrogens with one attached hydrogen (secondary N) is 16. The van der Waals surface area contributed by atoms with E-state index in [1.54, 1.807) is 105 Å². The van der Waals surface area contributed by atoms with Crippen molar-refractivity contribution in [1.82, 2.24) is 108 Å². The molecule has 2 aliphatic heterocycles. The number of amides is 18. The molecular formula is C91H129N25O19S. The number of primary amides is 2. The van der Waals surface area contributed by atoms with Gasteiger partial charge in [-0.25, -0.2) is 4.98 Å². The number of aliphatic hydroxyl groups excluding tert-OH is 1. The molecule has 0 radical (unpaired) electrons. The summed E-state index contributed by atoms with van der Waals surface area (Å²) in [6.45, 7) is 5.16. The van der Waals surface area contributed by atoms with E-state index in [0.29, 0.717) is 69.9 Å². The average molecular weight is 1910 g/mol. The lowest BCUT2D eigenvalue weighted by molar-refractivity contribution is -0.149. The summed E-state index contributed by atoms with van der Waals surface area (Å²) in [5.74, 6) is -18.3. The summed E-state index contributed by atoms with van der Waals surface area (Å²) in [7, 11) is 5.21. The van der Waals surface area contributed by atoms with Gasteiger partial charge in [0.25, 0.3) is 0 Å². The molecule has 18 amide bonds. The predicted octanol–water partition coefficient (Wildman–Crippen LogP) is -3.02. The summed E-state index contributed by atoms with van der Waals surface area (Å²) < 4.78 is 0. The van der Waals surface area contributed by atoms with E-state index in [0.717, 1.165) is 36.3 Å². The standard InChI is InChI=1S/C91H129N25O19S/c1-10-12-30-70-84(129)105-61(29-21-33-97-91(94)95)80(125)111-69(79(124)101-45-75(120)100-44-74(93)119)48-136-49-77(122)104-65(36-53-23-15-14-16-24-53)87(132)113(7)52(5)78(123)107-67(40-73(92)118)89(134)116-34-22-32-71(116)85(130)106-63(39-56-43-96-50-102-56)82(127)108-64(35-51(3)4)86(131)112(6)46-76(121)103-62(37-54-41-98-59-27-19-17-25-57(54)59)81(126)110-68(47-117)83(128)109-66(38-55-42-99-60-28-20-18-26-58(55)60)88(133)115(9)72(31-13-11-2)90(135)114(70)8/h14-20,23-28,41-43,50-52,61-72,98-99,117H,10-13,21-22,29-40,44-49H2,1-9H3,(H2,92,118)(H2,93,119)(H,96,102)(H,100,120)(H,101,124)(H,103,121)(H,104,122)(H,105,129)(H,106,130)(H,107,123)(H,108,127)(H,109,128)(H,110,126)(H,111,125)(H4,94,95,97)/t52-,61-,62-,63-,64-,65-,66-,67-,68-,69-,70-,71-,72-/m0/s1. The summed E-state index contributed by atoms with van der Waals surface area (Å²) in [4.78, 5) is 280. The Labute approximate surface area is 791 Å². The Bertz CT molecular complexity index is 5210. The highest BCUT2D eigenvalue weighted by Gasteiger charge is 2.44. The Hall–Kier alpha value is -14.0. The fraction of sp³-hybridized carbons (Fsp3) is 0.516. The third-order valence-corrected chi connectivity index (χ3v) is 24.6. The number of H-pyrrole nitrogens is 3. The van der Waals surface area contributed by atoms with Gasteiger partial charge in [-0.1, -0.05) is 120 Å². The quantitative estimate of drug-likeness (QED) is 0.0132. The Balaban J connectivity index is 1.19. The number of likely N-dealkylation sites (N-methyl/N-ethyl adjacent to an activating group) is 4. The van der Waals surface area contributed by atoms with Crippen molar-refractivity contribution in [3.63, 3.8) is 0 Å². The average Bonchev–Trinajstić information content (AvgIpc) is 1.60. The molecule has 13 atom stereocenters. The van der Waals surface area contributed by atoms with Gasteiger partial charge in [-0.15, -0.1) is 11.8 Å². The van der Waals surface area contributed by atoms with Crippen LogP contribution in [-0.2, 0) is 112 Å². The largest absolute Gasteiger partial charge is 0.394 e. The van der Waals surface area contributed by atoms with Crippen LogP contribution in [0.2, 0.25) is 0 Å². The van der Waals surface area contributed by atoms with Crippen molar-refractivity contribution < 1.29 is 91.4 Å². The lowest BCUT2D eigenvalue weighted by Crippen LogP contribution is -2.61. The summed E-state index contributed by atoms with van der Waals surface area (Å²) >= 11 is 0.764. The highest BCUT2D eigenvalue weighted by Crippen LogP contribution is 2.26. The molecule has 2 saturated heterocycles. The number of hydrogen-bond donors (Lipinski definition) is 20. The van der Waals surface area contributed by atoms with Gasteiger partial charge >= 0.3 is 0 Å². The number of carbonyl (C=O) groups is 18. The minimum Gasteiger partial charge on any atom is -0.394 e. The van der Waals surface area contributed by atoms with Gasteiger partial charge in [0, 0.05) is 119 Å². The summed E-state index contributed by atoms with van der Waals surface area (Å²) in [6, 6.07) is 2.51. The zero-order valence-electron chi connectivity index (χ0n) is 78.0. The number of guanidine groups is 1. The van der Waals surface area contributed by atoms with Crippen molar-refractivity contribution in [3.05, 3.63) is 126 Å². The van der Waals surface area contributed by atoms with Gasteiger partial charge < -0.3 is 126 Å². The number of imidazole rings is 1. The lowest BCUT2D eigenvalue weighted by atomic mass is 10.00. The van der Waals surface area contributed by atoms with Crippen molar-refractivity contribution in [2.45, 2.75) is 216 Å². The molecule has 6 aromatic rings. The van der Waals surface area contributed by atoms with E-state index in [-0.39, 0.29) is 89.6 Å². The zero-order chi connectivity index (χ0) is 99.6. The molecule has 136 heavy (non-hydrogen) atoms. The van der Waals surface area contributed by atoms with E-state index < -0.39 is 235 Å². The molecular weight excluding hydrogens is 1780 g/mol. The van der Waals surface area contributed by atoms with Crippen LogP contribution in [0.5, 0.6) is 0 Å². The fourth-order valence-corrected chi connectivity index (χ4v) is 16.9. The van der Waals surface area contributed by atoms with Crippen LogP contribution in [0.25, 0.3) is 21.8 Å². The second-order valence-electron chi connectivity index (χ2n) is 34.4. The first kappa shape index (κ1) is 107. The van der Waals surface area contributed by atoms with Gasteiger partial charge in [0.2, 0.25) is 106 Å². The number of hydrogen-bond acceptors (Lipinski definition) is 22. The van der Waals surface area contributed by atoms with Crippen molar-refractivity contribution in [1.29, 1.82) is 5.41 Å². The molecule has 738 valence electrons. The highest BCUT2D eigenvalue weighted by molar-refractivity contribution is 8.00. The van der Waals surface area contributed by atoms with E-state index in [1.165, 1.54) is 47.6 Å². The number of para-hydroxylation sites is 2. The molecule has 2 aliphatic rings. The number of aromatic amines is 3. The maximum absolute atomic E-state index is 15.7. The number of thioether (sulfide) groups is 1. The molecule has 3 aromatic carbocycles. The molecule has 2 fully saturated rings. The van der Waals surface area contributed by atoms with Crippen LogP contribution in [0.3, 0.4) is 0 Å². The topological polar surface area (TPSA) is 650 Å². The number of nitrogens with two attached hydrogens (primary N) is 3. The van der Waals surface area contributed by atoms with Gasteiger partial charge in [-0.2, -0.15) is 0 Å². The van der Waals surface area contributed by atoms with Crippen molar-refractivity contribution >= 4 is 146 Å². The maximum Gasteiger partial charge on any atom is 0.246 e. The van der Waals surface area contributed by atoms with Crippen LogP contribution in [0.1, 0.15) is 134 Å². The van der Waals surface area contributed by atoms with Gasteiger partial charge in [-0.3, -0.25) is 91.7 Å². The molecule has 23 N–H and O–H groups in total. The first-order valence-electron chi connectivity index (χ1n) is 45.4. The van der Waals surface area contributed by atoms with Crippen LogP contribution >= 0.6 is 11.8 Å². The van der Waals surface area contributed by atoms with Crippen molar-refractivity contribution in [2.24, 2.45) is 23.1 Å². The Morgan fingerprint density at radius 1 is 0.529 bits per heavy atom. The molecule has 0 aliphatic carbocycles. The number of aliphatic hydroxyl groups is 1. The Kier molecular flexibility index (Phi) is 41.5. The van der Waals surface area contributed by atoms with Gasteiger partial charge in [-0.05, 0) is 86.6 Å². The van der Waals surface area contributed by atoms with Crippen LogP contribution in [0.15, 0.2) is 104 Å². The normalized spacial score (nSPS) is 23.1. The molecule has 5 heterocycles. The molecule has 3 aromatic heterocycles. The number of rotatable bonds is 28. The number of nitrogens with zero attached hydrogens (tertiary/aromatic N) is 6. The number of benzene rings is 3. The summed E-state index contributed by atoms with van der Waals surface area (Å²) in [5, 5.41) is 51.7. The first-order chi connectivity index (χ1) is 64.8. The summed E-state index contributed by atoms with van der Waals surface area (Å²) in [5.41, 5.74) is 19.8. The molecule has 8 rings (SSSR count). The van der Waals surface area contributed by atoms with E-state index in [9.17, 15) is 62.6 Å². The third-order valence-electron chi connectivity index (χ3n) is 23.6. The minimum absolute atomic E-state index is 0.00462. The molecule has 0 spiro atoms. The number of unbranched alkanes of at least 4 members (excludes halogenated alkanes) is 2. The van der Waals surface area contributed by atoms with Crippen LogP contribution < -0.4 is 81.0 Å². The molecule has 0 unspecified atom stereocenters. The van der Waals surface area contributed by atoms with E-state index in [4.69, 9.17) is 22.6 Å². The lowest BCUT2D eigenvalue weighted by Gasteiger charge is -2.36. The minimum atomic E-state index is -1.86.